The van der Waals surface area contributed by atoms with Crippen molar-refractivity contribution in [1.29, 1.82) is 0 Å². The standard InChI is InChI=1S/C24H26BrN9O2/c25-18-9-16(11-26-13-18)15-32-3-1-19(2-4-32)34-24-21(30-31-34)23(33-5-7-36-8-6-33)28-22(29-24)17-10-20(35)14-27-12-17/h9-14,19,35H,1-8,15H2. The summed E-state index contributed by atoms with van der Waals surface area (Å²) in [5.41, 5.74) is 3.24. The minimum absolute atomic E-state index is 0.0729. The number of aromatic nitrogens is 7. The fourth-order valence-electron chi connectivity index (χ4n) is 4.86. The number of likely N-dealkylation sites (tertiary alicyclic amines) is 1. The minimum atomic E-state index is 0.0729. The van der Waals surface area contributed by atoms with E-state index in [0.717, 1.165) is 55.9 Å². The molecule has 2 aliphatic heterocycles. The molecule has 0 saturated carbocycles. The third-order valence-electron chi connectivity index (χ3n) is 6.67. The summed E-state index contributed by atoms with van der Waals surface area (Å²) in [4.78, 5) is 22.7. The Hall–Kier alpha value is -3.22. The summed E-state index contributed by atoms with van der Waals surface area (Å²) >= 11 is 3.51. The molecule has 11 nitrogen and oxygen atoms in total. The number of hydrogen-bond acceptors (Lipinski definition) is 10. The first-order valence-electron chi connectivity index (χ1n) is 12.1. The Morgan fingerprint density at radius 3 is 2.56 bits per heavy atom. The molecule has 0 radical (unpaired) electrons. The molecule has 186 valence electrons. The van der Waals surface area contributed by atoms with Crippen LogP contribution < -0.4 is 4.90 Å². The van der Waals surface area contributed by atoms with E-state index in [9.17, 15) is 5.11 Å². The molecule has 36 heavy (non-hydrogen) atoms. The zero-order chi connectivity index (χ0) is 24.5. The van der Waals surface area contributed by atoms with Gasteiger partial charge in [0.15, 0.2) is 22.8 Å². The molecule has 0 aliphatic carbocycles. The van der Waals surface area contributed by atoms with Crippen LogP contribution in [0.4, 0.5) is 5.82 Å². The van der Waals surface area contributed by atoms with Gasteiger partial charge >= 0.3 is 0 Å². The zero-order valence-corrected chi connectivity index (χ0v) is 21.2. The number of fused-ring (bicyclic) bond motifs is 1. The maximum absolute atomic E-state index is 9.98. The van der Waals surface area contributed by atoms with Gasteiger partial charge in [-0.1, -0.05) is 5.21 Å². The third-order valence-corrected chi connectivity index (χ3v) is 7.10. The highest BCUT2D eigenvalue weighted by molar-refractivity contribution is 9.10. The van der Waals surface area contributed by atoms with E-state index in [2.05, 4.69) is 52.1 Å². The Labute approximate surface area is 216 Å². The van der Waals surface area contributed by atoms with Crippen molar-refractivity contribution in [3.8, 4) is 17.1 Å². The molecule has 12 heteroatoms. The van der Waals surface area contributed by atoms with Crippen LogP contribution in [0.15, 0.2) is 41.4 Å². The summed E-state index contributed by atoms with van der Waals surface area (Å²) in [7, 11) is 0. The van der Waals surface area contributed by atoms with Gasteiger partial charge in [-0.05, 0) is 46.5 Å². The first-order chi connectivity index (χ1) is 17.6. The average molecular weight is 552 g/mol. The molecule has 6 heterocycles. The van der Waals surface area contributed by atoms with Crippen molar-refractivity contribution < 1.29 is 9.84 Å². The topological polar surface area (TPSA) is 118 Å². The van der Waals surface area contributed by atoms with Gasteiger partial charge in [0.05, 0.1) is 25.5 Å². The highest BCUT2D eigenvalue weighted by Gasteiger charge is 2.27. The van der Waals surface area contributed by atoms with Gasteiger partial charge in [-0.25, -0.2) is 14.6 Å². The Morgan fingerprint density at radius 2 is 1.78 bits per heavy atom. The van der Waals surface area contributed by atoms with Crippen LogP contribution in [0.3, 0.4) is 0 Å². The van der Waals surface area contributed by atoms with Crippen LogP contribution in [0.1, 0.15) is 24.4 Å². The van der Waals surface area contributed by atoms with E-state index in [1.54, 1.807) is 18.5 Å². The molecule has 4 aromatic rings. The van der Waals surface area contributed by atoms with Crippen LogP contribution in [0, 0.1) is 0 Å². The van der Waals surface area contributed by atoms with Crippen LogP contribution in [0.2, 0.25) is 0 Å². The second-order valence-electron chi connectivity index (χ2n) is 9.13. The monoisotopic (exact) mass is 551 g/mol. The zero-order valence-electron chi connectivity index (χ0n) is 19.7. The molecule has 6 rings (SSSR count). The fraction of sp³-hybridized carbons (Fsp3) is 0.417. The first-order valence-corrected chi connectivity index (χ1v) is 12.8. The number of anilines is 1. The number of aromatic hydroxyl groups is 1. The summed E-state index contributed by atoms with van der Waals surface area (Å²) in [5.74, 6) is 1.31. The SMILES string of the molecule is Oc1cncc(-c2nc(N3CCOCC3)c3nnn(C4CCN(Cc5cncc(Br)c5)CC4)c3n2)c1. The van der Waals surface area contributed by atoms with Crippen LogP contribution in [-0.2, 0) is 11.3 Å². The van der Waals surface area contributed by atoms with Crippen molar-refractivity contribution in [3.63, 3.8) is 0 Å². The molecular weight excluding hydrogens is 526 g/mol. The molecule has 1 N–H and O–H groups in total. The number of piperidine rings is 1. The molecule has 0 unspecified atom stereocenters. The van der Waals surface area contributed by atoms with Gasteiger partial charge < -0.3 is 14.7 Å². The molecule has 0 atom stereocenters. The Balaban J connectivity index is 1.30. The summed E-state index contributed by atoms with van der Waals surface area (Å²) in [6, 6.07) is 3.93. The summed E-state index contributed by atoms with van der Waals surface area (Å²) in [5, 5.41) is 19.1. The fourth-order valence-corrected chi connectivity index (χ4v) is 5.27. The molecule has 4 aromatic heterocycles. The molecule has 0 spiro atoms. The van der Waals surface area contributed by atoms with Crippen molar-refractivity contribution in [2.75, 3.05) is 44.3 Å². The van der Waals surface area contributed by atoms with E-state index in [1.165, 1.54) is 11.8 Å². The van der Waals surface area contributed by atoms with E-state index in [0.29, 0.717) is 35.8 Å². The average Bonchev–Trinajstić information content (AvgIpc) is 3.33. The number of rotatable bonds is 5. The van der Waals surface area contributed by atoms with Gasteiger partial charge in [-0.3, -0.25) is 14.9 Å². The summed E-state index contributed by atoms with van der Waals surface area (Å²) < 4.78 is 8.50. The van der Waals surface area contributed by atoms with Crippen molar-refractivity contribution in [2.45, 2.75) is 25.4 Å². The lowest BCUT2D eigenvalue weighted by molar-refractivity contribution is 0.122. The molecule has 2 aliphatic rings. The highest BCUT2D eigenvalue weighted by Crippen LogP contribution is 2.31. The normalized spacial score (nSPS) is 17.6. The molecule has 0 bridgehead atoms. The maximum Gasteiger partial charge on any atom is 0.184 e. The van der Waals surface area contributed by atoms with E-state index >= 15 is 0 Å². The Morgan fingerprint density at radius 1 is 0.972 bits per heavy atom. The number of nitrogens with zero attached hydrogens (tertiary/aromatic N) is 9. The maximum atomic E-state index is 9.98. The number of halogens is 1. The number of pyridine rings is 2. The lowest BCUT2D eigenvalue weighted by Crippen LogP contribution is -2.37. The summed E-state index contributed by atoms with van der Waals surface area (Å²) in [6.07, 6.45) is 8.67. The predicted octanol–water partition coefficient (Wildman–Crippen LogP) is 2.82. The van der Waals surface area contributed by atoms with E-state index < -0.39 is 0 Å². The second-order valence-corrected chi connectivity index (χ2v) is 10.0. The van der Waals surface area contributed by atoms with Crippen LogP contribution in [-0.4, -0.2) is 84.3 Å². The van der Waals surface area contributed by atoms with Gasteiger partial charge in [-0.2, -0.15) is 0 Å². The van der Waals surface area contributed by atoms with Gasteiger partial charge in [-0.15, -0.1) is 5.10 Å². The Bertz CT molecular complexity index is 1370. The lowest BCUT2D eigenvalue weighted by atomic mass is 10.0. The summed E-state index contributed by atoms with van der Waals surface area (Å²) in [6.45, 7) is 5.48. The quantitative estimate of drug-likeness (QED) is 0.396. The highest BCUT2D eigenvalue weighted by atomic mass is 79.9. The minimum Gasteiger partial charge on any atom is -0.506 e. The number of ether oxygens (including phenoxy) is 1. The smallest absolute Gasteiger partial charge is 0.184 e. The molecule has 2 fully saturated rings. The molecule has 2 saturated heterocycles. The van der Waals surface area contributed by atoms with Gasteiger partial charge in [0.2, 0.25) is 0 Å². The van der Waals surface area contributed by atoms with Crippen LogP contribution >= 0.6 is 15.9 Å². The second kappa shape index (κ2) is 10.0. The molecule has 0 amide bonds. The van der Waals surface area contributed by atoms with E-state index in [4.69, 9.17) is 14.7 Å². The van der Waals surface area contributed by atoms with E-state index in [-0.39, 0.29) is 11.8 Å². The van der Waals surface area contributed by atoms with Crippen molar-refractivity contribution in [1.82, 2.24) is 39.8 Å². The third kappa shape index (κ3) is 4.75. The van der Waals surface area contributed by atoms with Crippen molar-refractivity contribution in [2.24, 2.45) is 0 Å². The molecule has 0 aromatic carbocycles. The largest absolute Gasteiger partial charge is 0.506 e. The van der Waals surface area contributed by atoms with E-state index in [1.807, 2.05) is 10.9 Å². The predicted molar refractivity (Wildman–Crippen MR) is 137 cm³/mol. The van der Waals surface area contributed by atoms with Gasteiger partial charge in [0.1, 0.15) is 5.75 Å². The van der Waals surface area contributed by atoms with Crippen LogP contribution in [0.25, 0.3) is 22.6 Å². The van der Waals surface area contributed by atoms with Gasteiger partial charge in [0.25, 0.3) is 0 Å². The molecular formula is C24H26BrN9O2. The van der Waals surface area contributed by atoms with Gasteiger partial charge in [0, 0.05) is 61.4 Å². The van der Waals surface area contributed by atoms with Crippen molar-refractivity contribution in [3.05, 3.63) is 47.0 Å². The lowest BCUT2D eigenvalue weighted by Gasteiger charge is -2.32. The van der Waals surface area contributed by atoms with Crippen molar-refractivity contribution >= 4 is 32.9 Å². The Kier molecular flexibility index (Phi) is 6.46. The number of hydrogen-bond donors (Lipinski definition) is 1. The van der Waals surface area contributed by atoms with Crippen LogP contribution in [0.5, 0.6) is 5.75 Å². The number of morpholine rings is 1. The first kappa shape index (κ1) is 23.2.